The quantitative estimate of drug-likeness (QED) is 0.358. The van der Waals surface area contributed by atoms with Crippen LogP contribution in [0.2, 0.25) is 0 Å². The van der Waals surface area contributed by atoms with Crippen molar-refractivity contribution in [3.63, 3.8) is 0 Å². The predicted molar refractivity (Wildman–Crippen MR) is 131 cm³/mol. The van der Waals surface area contributed by atoms with E-state index in [2.05, 4.69) is 50.5 Å². The summed E-state index contributed by atoms with van der Waals surface area (Å²) in [5.74, 6) is 1.26. The van der Waals surface area contributed by atoms with Gasteiger partial charge in [-0.15, -0.1) is 0 Å². The fourth-order valence-electron chi connectivity index (χ4n) is 4.36. The second kappa shape index (κ2) is 8.75. The zero-order valence-corrected chi connectivity index (χ0v) is 19.3. The van der Waals surface area contributed by atoms with Gasteiger partial charge in [-0.25, -0.2) is 0 Å². The molecule has 0 aliphatic heterocycles. The van der Waals surface area contributed by atoms with Gasteiger partial charge in [0.1, 0.15) is 5.75 Å². The van der Waals surface area contributed by atoms with E-state index in [0.717, 1.165) is 44.1 Å². The topological polar surface area (TPSA) is 51.2 Å². The Bertz CT molecular complexity index is 1300. The highest BCUT2D eigenvalue weighted by atomic mass is 79.9. The Morgan fingerprint density at radius 1 is 1.09 bits per heavy atom. The molecule has 1 N–H and O–H groups in total. The lowest BCUT2D eigenvalue weighted by Gasteiger charge is -2.13. The van der Waals surface area contributed by atoms with Gasteiger partial charge in [-0.2, -0.15) is 0 Å². The van der Waals surface area contributed by atoms with Gasteiger partial charge in [0.15, 0.2) is 0 Å². The molecular weight excluding hydrogens is 464 g/mol. The third-order valence-electron chi connectivity index (χ3n) is 6.17. The standard InChI is InChI=1S/C27H23BrN2O2/c1-32-19-6-4-5-17(13-19)20-10-9-18(25-16-29-12-11-21(20)25)15-30-27(31)24-14-23(24)22-7-2-3-8-26(22)28/h2-13,16,23-24H,14-15H2,1H3,(H,30,31). The van der Waals surface area contributed by atoms with E-state index in [1.807, 2.05) is 48.7 Å². The van der Waals surface area contributed by atoms with Crippen LogP contribution in [0.5, 0.6) is 5.75 Å². The Balaban J connectivity index is 1.36. The van der Waals surface area contributed by atoms with Gasteiger partial charge in [-0.3, -0.25) is 9.78 Å². The first kappa shape index (κ1) is 20.7. The third-order valence-corrected chi connectivity index (χ3v) is 6.90. The van der Waals surface area contributed by atoms with E-state index in [1.165, 1.54) is 5.56 Å². The van der Waals surface area contributed by atoms with Crippen LogP contribution in [0, 0.1) is 5.92 Å². The first-order valence-corrected chi connectivity index (χ1v) is 11.5. The molecule has 1 heterocycles. The largest absolute Gasteiger partial charge is 0.497 e. The SMILES string of the molecule is COc1cccc(-c2ccc(CNC(=O)C3CC3c3ccccc3Br)c3cnccc23)c1. The molecule has 4 nitrogen and oxygen atoms in total. The lowest BCUT2D eigenvalue weighted by atomic mass is 9.96. The molecule has 160 valence electrons. The van der Waals surface area contributed by atoms with Crippen LogP contribution in [-0.2, 0) is 11.3 Å². The van der Waals surface area contributed by atoms with Crippen molar-refractivity contribution in [3.05, 3.63) is 94.7 Å². The lowest BCUT2D eigenvalue weighted by molar-refractivity contribution is -0.122. The molecule has 0 saturated heterocycles. The summed E-state index contributed by atoms with van der Waals surface area (Å²) in [4.78, 5) is 17.1. The molecule has 5 heteroatoms. The van der Waals surface area contributed by atoms with Crippen molar-refractivity contribution < 1.29 is 9.53 Å². The molecule has 32 heavy (non-hydrogen) atoms. The number of ether oxygens (including phenoxy) is 1. The third kappa shape index (κ3) is 4.00. The number of fused-ring (bicyclic) bond motifs is 1. The molecule has 1 aromatic heterocycles. The second-order valence-electron chi connectivity index (χ2n) is 8.11. The summed E-state index contributed by atoms with van der Waals surface area (Å²) in [6, 6.07) is 22.4. The van der Waals surface area contributed by atoms with Crippen molar-refractivity contribution in [2.24, 2.45) is 5.92 Å². The van der Waals surface area contributed by atoms with Crippen molar-refractivity contribution in [2.45, 2.75) is 18.9 Å². The molecule has 1 saturated carbocycles. The number of hydrogen-bond donors (Lipinski definition) is 1. The number of halogens is 1. The first-order chi connectivity index (χ1) is 15.7. The molecule has 0 bridgehead atoms. The number of hydrogen-bond acceptors (Lipinski definition) is 3. The van der Waals surface area contributed by atoms with Crippen LogP contribution in [0.4, 0.5) is 0 Å². The summed E-state index contributed by atoms with van der Waals surface area (Å²) < 4.78 is 6.47. The van der Waals surface area contributed by atoms with Gasteiger partial charge >= 0.3 is 0 Å². The Morgan fingerprint density at radius 2 is 1.97 bits per heavy atom. The van der Waals surface area contributed by atoms with Crippen LogP contribution < -0.4 is 10.1 Å². The van der Waals surface area contributed by atoms with Crippen LogP contribution >= 0.6 is 15.9 Å². The minimum absolute atomic E-state index is 0.0362. The molecular formula is C27H23BrN2O2. The number of methoxy groups -OCH3 is 1. The van der Waals surface area contributed by atoms with Gasteiger partial charge in [0, 0.05) is 34.7 Å². The van der Waals surface area contributed by atoms with Gasteiger partial charge in [-0.1, -0.05) is 58.4 Å². The van der Waals surface area contributed by atoms with Gasteiger partial charge < -0.3 is 10.1 Å². The molecule has 1 fully saturated rings. The summed E-state index contributed by atoms with van der Waals surface area (Å²) in [7, 11) is 1.67. The maximum Gasteiger partial charge on any atom is 0.224 e. The van der Waals surface area contributed by atoms with E-state index >= 15 is 0 Å². The molecule has 1 aliphatic rings. The van der Waals surface area contributed by atoms with Crippen LogP contribution in [0.1, 0.15) is 23.5 Å². The van der Waals surface area contributed by atoms with Gasteiger partial charge in [0.2, 0.25) is 5.91 Å². The van der Waals surface area contributed by atoms with E-state index in [-0.39, 0.29) is 11.8 Å². The summed E-state index contributed by atoms with van der Waals surface area (Å²) >= 11 is 3.60. The monoisotopic (exact) mass is 486 g/mol. The molecule has 1 aliphatic carbocycles. The van der Waals surface area contributed by atoms with Crippen LogP contribution in [-0.4, -0.2) is 18.0 Å². The van der Waals surface area contributed by atoms with Gasteiger partial charge in [0.05, 0.1) is 7.11 Å². The van der Waals surface area contributed by atoms with E-state index in [4.69, 9.17) is 4.74 Å². The minimum atomic E-state index is 0.0362. The fourth-order valence-corrected chi connectivity index (χ4v) is 4.94. The fraction of sp³-hybridized carbons (Fsp3) is 0.185. The Morgan fingerprint density at radius 3 is 2.81 bits per heavy atom. The molecule has 4 aromatic rings. The smallest absolute Gasteiger partial charge is 0.224 e. The highest BCUT2D eigenvalue weighted by molar-refractivity contribution is 9.10. The summed E-state index contributed by atoms with van der Waals surface area (Å²) in [5.41, 5.74) is 4.48. The number of nitrogens with zero attached hydrogens (tertiary/aromatic N) is 1. The number of carbonyl (C=O) groups is 1. The molecule has 0 spiro atoms. The zero-order chi connectivity index (χ0) is 22.1. The molecule has 2 unspecified atom stereocenters. The van der Waals surface area contributed by atoms with Crippen molar-refractivity contribution >= 4 is 32.6 Å². The summed E-state index contributed by atoms with van der Waals surface area (Å²) in [5, 5.41) is 5.30. The van der Waals surface area contributed by atoms with E-state index in [0.29, 0.717) is 12.5 Å². The minimum Gasteiger partial charge on any atom is -0.497 e. The zero-order valence-electron chi connectivity index (χ0n) is 17.7. The van der Waals surface area contributed by atoms with Crippen LogP contribution in [0.25, 0.3) is 21.9 Å². The first-order valence-electron chi connectivity index (χ1n) is 10.7. The van der Waals surface area contributed by atoms with Gasteiger partial charge in [-0.05, 0) is 64.2 Å². The number of benzene rings is 3. The number of rotatable bonds is 6. The van der Waals surface area contributed by atoms with E-state index < -0.39 is 0 Å². The van der Waals surface area contributed by atoms with Crippen molar-refractivity contribution in [1.82, 2.24) is 10.3 Å². The maximum atomic E-state index is 12.8. The average Bonchev–Trinajstić information content (AvgIpc) is 3.63. The van der Waals surface area contributed by atoms with E-state index in [9.17, 15) is 4.79 Å². The van der Waals surface area contributed by atoms with Gasteiger partial charge in [0.25, 0.3) is 0 Å². The molecule has 2 atom stereocenters. The summed E-state index contributed by atoms with van der Waals surface area (Å²) in [6.45, 7) is 0.485. The number of amides is 1. The molecule has 0 radical (unpaired) electrons. The number of nitrogens with one attached hydrogen (secondary N) is 1. The summed E-state index contributed by atoms with van der Waals surface area (Å²) in [6.07, 6.45) is 4.58. The Kier molecular flexibility index (Phi) is 5.66. The molecule has 5 rings (SSSR count). The lowest BCUT2D eigenvalue weighted by Crippen LogP contribution is -2.25. The van der Waals surface area contributed by atoms with Crippen molar-refractivity contribution in [1.29, 1.82) is 0 Å². The maximum absolute atomic E-state index is 12.8. The highest BCUT2D eigenvalue weighted by Gasteiger charge is 2.44. The van der Waals surface area contributed by atoms with E-state index in [1.54, 1.807) is 13.3 Å². The van der Waals surface area contributed by atoms with Crippen molar-refractivity contribution in [3.8, 4) is 16.9 Å². The number of aromatic nitrogens is 1. The highest BCUT2D eigenvalue weighted by Crippen LogP contribution is 2.49. The Labute approximate surface area is 195 Å². The number of carbonyl (C=O) groups excluding carboxylic acids is 1. The normalized spacial score (nSPS) is 17.2. The Hall–Kier alpha value is -3.18. The van der Waals surface area contributed by atoms with Crippen LogP contribution in [0.3, 0.4) is 0 Å². The van der Waals surface area contributed by atoms with Crippen molar-refractivity contribution in [2.75, 3.05) is 7.11 Å². The molecule has 1 amide bonds. The van der Waals surface area contributed by atoms with Crippen LogP contribution in [0.15, 0.2) is 83.6 Å². The molecule has 3 aromatic carbocycles. The number of pyridine rings is 1. The second-order valence-corrected chi connectivity index (χ2v) is 8.97. The predicted octanol–water partition coefficient (Wildman–Crippen LogP) is 6.09. The average molecular weight is 487 g/mol.